The van der Waals surface area contributed by atoms with E-state index in [0.29, 0.717) is 17.3 Å². The molecule has 0 aliphatic carbocycles. The van der Waals surface area contributed by atoms with E-state index >= 15 is 0 Å². The molecule has 0 spiro atoms. The molecule has 5 heteroatoms. The van der Waals surface area contributed by atoms with Crippen LogP contribution in [-0.2, 0) is 10.5 Å². The van der Waals surface area contributed by atoms with Crippen molar-refractivity contribution in [3.63, 3.8) is 0 Å². The summed E-state index contributed by atoms with van der Waals surface area (Å²) in [5.74, 6) is 1.25. The summed E-state index contributed by atoms with van der Waals surface area (Å²) < 4.78 is 0. The Morgan fingerprint density at radius 3 is 2.79 bits per heavy atom. The topological polar surface area (TPSA) is 40.5 Å². The van der Waals surface area contributed by atoms with Gasteiger partial charge in [0.1, 0.15) is 0 Å². The van der Waals surface area contributed by atoms with Crippen LogP contribution < -0.4 is 0 Å². The van der Waals surface area contributed by atoms with Gasteiger partial charge < -0.3 is 10.0 Å². The summed E-state index contributed by atoms with van der Waals surface area (Å²) in [7, 11) is 0. The highest BCUT2D eigenvalue weighted by Gasteiger charge is 2.15. The molecule has 0 aliphatic rings. The second-order valence-electron chi connectivity index (χ2n) is 4.53. The minimum atomic E-state index is 0.00286. The molecule has 1 N–H and O–H groups in total. The fourth-order valence-corrected chi connectivity index (χ4v) is 2.82. The Morgan fingerprint density at radius 1 is 1.47 bits per heavy atom. The number of hydrogen-bond donors (Lipinski definition) is 1. The van der Waals surface area contributed by atoms with Gasteiger partial charge in [0.2, 0.25) is 5.91 Å². The van der Waals surface area contributed by atoms with Crippen molar-refractivity contribution < 1.29 is 9.90 Å². The number of amides is 1. The maximum atomic E-state index is 12.0. The van der Waals surface area contributed by atoms with Crippen molar-refractivity contribution >= 4 is 29.3 Å². The lowest BCUT2D eigenvalue weighted by Gasteiger charge is -2.25. The van der Waals surface area contributed by atoms with Crippen LogP contribution in [0.4, 0.5) is 0 Å². The molecule has 1 aromatic carbocycles. The highest BCUT2D eigenvalue weighted by molar-refractivity contribution is 7.99. The summed E-state index contributed by atoms with van der Waals surface area (Å²) in [5.41, 5.74) is 1.11. The molecule has 1 aromatic rings. The first-order valence-electron chi connectivity index (χ1n) is 6.27. The number of nitrogens with zero attached hydrogens (tertiary/aromatic N) is 1. The summed E-state index contributed by atoms with van der Waals surface area (Å²) >= 11 is 7.47. The SMILES string of the molecule is CC(C)N(CCO)C(=O)CSCc1cccc(Cl)c1. The fraction of sp³-hybridized carbons (Fsp3) is 0.500. The zero-order valence-corrected chi connectivity index (χ0v) is 12.9. The van der Waals surface area contributed by atoms with Gasteiger partial charge in [-0.25, -0.2) is 0 Å². The van der Waals surface area contributed by atoms with E-state index in [-0.39, 0.29) is 18.6 Å². The first-order chi connectivity index (χ1) is 9.04. The molecule has 0 saturated heterocycles. The van der Waals surface area contributed by atoms with Crippen LogP contribution >= 0.6 is 23.4 Å². The Bertz CT molecular complexity index is 412. The molecule has 1 amide bonds. The van der Waals surface area contributed by atoms with E-state index in [1.807, 2.05) is 38.1 Å². The monoisotopic (exact) mass is 301 g/mol. The average molecular weight is 302 g/mol. The zero-order valence-electron chi connectivity index (χ0n) is 11.3. The largest absolute Gasteiger partial charge is 0.395 e. The van der Waals surface area contributed by atoms with Crippen LogP contribution in [0.25, 0.3) is 0 Å². The Hall–Kier alpha value is -0.710. The van der Waals surface area contributed by atoms with Crippen LogP contribution in [0.3, 0.4) is 0 Å². The van der Waals surface area contributed by atoms with Crippen LogP contribution in [0.15, 0.2) is 24.3 Å². The second kappa shape index (κ2) is 8.46. The number of rotatable bonds is 7. The molecule has 106 valence electrons. The predicted molar refractivity (Wildman–Crippen MR) is 81.5 cm³/mol. The smallest absolute Gasteiger partial charge is 0.232 e. The van der Waals surface area contributed by atoms with Gasteiger partial charge in [-0.1, -0.05) is 23.7 Å². The molecule has 19 heavy (non-hydrogen) atoms. The lowest BCUT2D eigenvalue weighted by atomic mass is 10.2. The molecular weight excluding hydrogens is 282 g/mol. The van der Waals surface area contributed by atoms with E-state index in [1.165, 1.54) is 0 Å². The first-order valence-corrected chi connectivity index (χ1v) is 7.80. The van der Waals surface area contributed by atoms with Gasteiger partial charge in [-0.15, -0.1) is 11.8 Å². The summed E-state index contributed by atoms with van der Waals surface area (Å²) in [6, 6.07) is 7.77. The standard InChI is InChI=1S/C14H20ClNO2S/c1-11(2)16(6-7-17)14(18)10-19-9-12-4-3-5-13(15)8-12/h3-5,8,11,17H,6-7,9-10H2,1-2H3. The van der Waals surface area contributed by atoms with Gasteiger partial charge in [0.15, 0.2) is 0 Å². The highest BCUT2D eigenvalue weighted by Crippen LogP contribution is 2.17. The molecular formula is C14H20ClNO2S. The number of benzene rings is 1. The fourth-order valence-electron chi connectivity index (χ4n) is 1.74. The number of hydrogen-bond acceptors (Lipinski definition) is 3. The van der Waals surface area contributed by atoms with Crippen molar-refractivity contribution in [1.29, 1.82) is 0 Å². The number of carbonyl (C=O) groups excluding carboxylic acids is 1. The Balaban J connectivity index is 2.41. The summed E-state index contributed by atoms with van der Waals surface area (Å²) in [4.78, 5) is 13.7. The van der Waals surface area contributed by atoms with Gasteiger partial charge in [-0.2, -0.15) is 0 Å². The number of halogens is 1. The molecule has 0 heterocycles. The van der Waals surface area contributed by atoms with Crippen molar-refractivity contribution in [2.75, 3.05) is 18.9 Å². The lowest BCUT2D eigenvalue weighted by Crippen LogP contribution is -2.40. The molecule has 0 unspecified atom stereocenters. The molecule has 0 aliphatic heterocycles. The van der Waals surface area contributed by atoms with Crippen molar-refractivity contribution in [1.82, 2.24) is 4.90 Å². The summed E-state index contributed by atoms with van der Waals surface area (Å²) in [5, 5.41) is 9.67. The summed E-state index contributed by atoms with van der Waals surface area (Å²) in [6.45, 7) is 4.31. The van der Waals surface area contributed by atoms with E-state index in [0.717, 1.165) is 11.3 Å². The normalized spacial score (nSPS) is 10.8. The Kier molecular flexibility index (Phi) is 7.28. The molecule has 0 bridgehead atoms. The van der Waals surface area contributed by atoms with Crippen molar-refractivity contribution in [2.45, 2.75) is 25.6 Å². The van der Waals surface area contributed by atoms with Gasteiger partial charge in [0, 0.05) is 23.4 Å². The predicted octanol–water partition coefficient (Wildman–Crippen LogP) is 2.80. The van der Waals surface area contributed by atoms with Gasteiger partial charge in [0.05, 0.1) is 12.4 Å². The molecule has 0 radical (unpaired) electrons. The second-order valence-corrected chi connectivity index (χ2v) is 5.95. The molecule has 0 aromatic heterocycles. The van der Waals surface area contributed by atoms with Crippen LogP contribution in [-0.4, -0.2) is 40.9 Å². The number of aliphatic hydroxyl groups is 1. The van der Waals surface area contributed by atoms with Crippen LogP contribution in [0.2, 0.25) is 5.02 Å². The third-order valence-electron chi connectivity index (χ3n) is 2.67. The average Bonchev–Trinajstić information content (AvgIpc) is 2.35. The minimum Gasteiger partial charge on any atom is -0.395 e. The first kappa shape index (κ1) is 16.3. The maximum absolute atomic E-state index is 12.0. The van der Waals surface area contributed by atoms with Gasteiger partial charge in [0.25, 0.3) is 0 Å². The number of thioether (sulfide) groups is 1. The van der Waals surface area contributed by atoms with Gasteiger partial charge in [-0.05, 0) is 31.5 Å². The van der Waals surface area contributed by atoms with Crippen LogP contribution in [0, 0.1) is 0 Å². The van der Waals surface area contributed by atoms with Crippen LogP contribution in [0.1, 0.15) is 19.4 Å². The zero-order chi connectivity index (χ0) is 14.3. The van der Waals surface area contributed by atoms with Gasteiger partial charge in [-0.3, -0.25) is 4.79 Å². The van der Waals surface area contributed by atoms with E-state index in [9.17, 15) is 4.79 Å². The van der Waals surface area contributed by atoms with Gasteiger partial charge >= 0.3 is 0 Å². The third kappa shape index (κ3) is 5.85. The lowest BCUT2D eigenvalue weighted by molar-refractivity contribution is -0.130. The Morgan fingerprint density at radius 2 is 2.21 bits per heavy atom. The summed E-state index contributed by atoms with van der Waals surface area (Å²) in [6.07, 6.45) is 0. The Labute approximate surface area is 123 Å². The number of carbonyl (C=O) groups is 1. The van der Waals surface area contributed by atoms with Crippen molar-refractivity contribution in [3.8, 4) is 0 Å². The van der Waals surface area contributed by atoms with E-state index in [4.69, 9.17) is 16.7 Å². The van der Waals surface area contributed by atoms with Crippen LogP contribution in [0.5, 0.6) is 0 Å². The van der Waals surface area contributed by atoms with E-state index in [1.54, 1.807) is 16.7 Å². The molecule has 1 rings (SSSR count). The molecule has 0 saturated carbocycles. The molecule has 3 nitrogen and oxygen atoms in total. The maximum Gasteiger partial charge on any atom is 0.232 e. The van der Waals surface area contributed by atoms with E-state index in [2.05, 4.69) is 0 Å². The minimum absolute atomic E-state index is 0.00286. The molecule has 0 atom stereocenters. The molecule has 0 fully saturated rings. The van der Waals surface area contributed by atoms with Crippen molar-refractivity contribution in [2.24, 2.45) is 0 Å². The van der Waals surface area contributed by atoms with Crippen molar-refractivity contribution in [3.05, 3.63) is 34.9 Å². The third-order valence-corrected chi connectivity index (χ3v) is 3.89. The van der Waals surface area contributed by atoms with E-state index < -0.39 is 0 Å². The highest BCUT2D eigenvalue weighted by atomic mass is 35.5. The quantitative estimate of drug-likeness (QED) is 0.842. The number of aliphatic hydroxyl groups excluding tert-OH is 1.